The fourth-order valence-electron chi connectivity index (χ4n) is 3.35. The third kappa shape index (κ3) is 3.48. The maximum absolute atomic E-state index is 5.97. The molecule has 0 atom stereocenters. The molecule has 5 aromatic rings. The Labute approximate surface area is 172 Å². The first-order chi connectivity index (χ1) is 14.8. The number of anilines is 2. The van der Waals surface area contributed by atoms with Crippen LogP contribution in [0.5, 0.6) is 11.5 Å². The zero-order valence-electron chi connectivity index (χ0n) is 16.3. The van der Waals surface area contributed by atoms with E-state index in [0.717, 1.165) is 33.1 Å². The van der Waals surface area contributed by atoms with Gasteiger partial charge in [0.15, 0.2) is 11.5 Å². The van der Waals surface area contributed by atoms with Gasteiger partial charge in [-0.3, -0.25) is 4.98 Å². The van der Waals surface area contributed by atoms with Crippen molar-refractivity contribution in [2.45, 2.75) is 6.61 Å². The molecule has 0 aliphatic carbocycles. The minimum atomic E-state index is 0.391. The van der Waals surface area contributed by atoms with Crippen LogP contribution in [0.4, 0.5) is 11.5 Å². The summed E-state index contributed by atoms with van der Waals surface area (Å²) in [5, 5.41) is 5.36. The van der Waals surface area contributed by atoms with Gasteiger partial charge < -0.3 is 19.8 Å². The van der Waals surface area contributed by atoms with Gasteiger partial charge in [-0.2, -0.15) is 0 Å². The molecule has 0 fully saturated rings. The highest BCUT2D eigenvalue weighted by Crippen LogP contribution is 2.35. The molecule has 7 nitrogen and oxygen atoms in total. The van der Waals surface area contributed by atoms with Crippen LogP contribution in [0.1, 0.15) is 5.56 Å². The Bertz CT molecular complexity index is 1320. The molecular weight excluding hydrogens is 378 g/mol. The van der Waals surface area contributed by atoms with Crippen molar-refractivity contribution in [3.63, 3.8) is 0 Å². The van der Waals surface area contributed by atoms with Crippen LogP contribution in [0.2, 0.25) is 0 Å². The van der Waals surface area contributed by atoms with Crippen molar-refractivity contribution in [3.8, 4) is 11.5 Å². The number of rotatable bonds is 6. The van der Waals surface area contributed by atoms with Crippen LogP contribution >= 0.6 is 0 Å². The van der Waals surface area contributed by atoms with Crippen molar-refractivity contribution < 1.29 is 9.47 Å². The number of hydrogen-bond donors (Lipinski definition) is 2. The van der Waals surface area contributed by atoms with E-state index < -0.39 is 0 Å². The number of pyridine rings is 1. The van der Waals surface area contributed by atoms with Gasteiger partial charge in [-0.15, -0.1) is 0 Å². The van der Waals surface area contributed by atoms with E-state index in [0.29, 0.717) is 23.9 Å². The molecule has 2 aromatic carbocycles. The van der Waals surface area contributed by atoms with Crippen LogP contribution in [-0.4, -0.2) is 27.0 Å². The average Bonchev–Trinajstić information content (AvgIpc) is 3.26. The number of nitrogens with one attached hydrogen (secondary N) is 2. The number of fused-ring (bicyclic) bond motifs is 2. The molecule has 3 aromatic heterocycles. The van der Waals surface area contributed by atoms with Gasteiger partial charge in [0.25, 0.3) is 0 Å². The van der Waals surface area contributed by atoms with E-state index in [9.17, 15) is 0 Å². The molecule has 5 rings (SSSR count). The van der Waals surface area contributed by atoms with Crippen molar-refractivity contribution in [2.75, 3.05) is 12.4 Å². The first-order valence-corrected chi connectivity index (χ1v) is 9.49. The minimum Gasteiger partial charge on any atom is -0.493 e. The Morgan fingerprint density at radius 3 is 2.87 bits per heavy atom. The number of nitrogens with zero attached hydrogens (tertiary/aromatic N) is 3. The molecule has 7 heteroatoms. The van der Waals surface area contributed by atoms with Crippen LogP contribution in [0.15, 0.2) is 73.4 Å². The van der Waals surface area contributed by atoms with E-state index in [2.05, 4.69) is 31.3 Å². The summed E-state index contributed by atoms with van der Waals surface area (Å²) in [6.45, 7) is 0.391. The lowest BCUT2D eigenvalue weighted by molar-refractivity contribution is 0.284. The van der Waals surface area contributed by atoms with Gasteiger partial charge in [0.05, 0.1) is 12.6 Å². The quantitative estimate of drug-likeness (QED) is 0.427. The van der Waals surface area contributed by atoms with Crippen molar-refractivity contribution in [2.24, 2.45) is 0 Å². The van der Waals surface area contributed by atoms with Crippen LogP contribution < -0.4 is 14.8 Å². The molecule has 0 aliphatic rings. The SMILES string of the molecule is COc1cc2c(Nc3ccc4[nH]ccc4c3)ncnc2cc1OCc1cccnc1. The fourth-order valence-corrected chi connectivity index (χ4v) is 3.35. The fraction of sp³-hybridized carbons (Fsp3) is 0.0870. The molecule has 3 heterocycles. The normalized spacial score (nSPS) is 11.0. The van der Waals surface area contributed by atoms with Crippen molar-refractivity contribution in [3.05, 3.63) is 79.0 Å². The lowest BCUT2D eigenvalue weighted by Crippen LogP contribution is -2.00. The summed E-state index contributed by atoms with van der Waals surface area (Å²) in [5.74, 6) is 1.93. The number of hydrogen-bond acceptors (Lipinski definition) is 6. The van der Waals surface area contributed by atoms with Gasteiger partial charge in [-0.25, -0.2) is 9.97 Å². The van der Waals surface area contributed by atoms with Crippen LogP contribution in [0.25, 0.3) is 21.8 Å². The van der Waals surface area contributed by atoms with E-state index in [1.165, 1.54) is 6.33 Å². The summed E-state index contributed by atoms with van der Waals surface area (Å²) in [7, 11) is 1.62. The zero-order valence-corrected chi connectivity index (χ0v) is 16.3. The Hall–Kier alpha value is -4.13. The van der Waals surface area contributed by atoms with Crippen molar-refractivity contribution >= 4 is 33.3 Å². The van der Waals surface area contributed by atoms with Gasteiger partial charge in [-0.1, -0.05) is 6.07 Å². The van der Waals surface area contributed by atoms with Crippen LogP contribution in [-0.2, 0) is 6.61 Å². The van der Waals surface area contributed by atoms with Gasteiger partial charge >= 0.3 is 0 Å². The second kappa shape index (κ2) is 7.71. The summed E-state index contributed by atoms with van der Waals surface area (Å²) in [4.78, 5) is 16.2. The highest BCUT2D eigenvalue weighted by atomic mass is 16.5. The highest BCUT2D eigenvalue weighted by molar-refractivity contribution is 5.94. The third-order valence-corrected chi connectivity index (χ3v) is 4.85. The molecule has 30 heavy (non-hydrogen) atoms. The number of aromatic nitrogens is 4. The molecule has 0 bridgehead atoms. The maximum atomic E-state index is 5.97. The second-order valence-electron chi connectivity index (χ2n) is 6.80. The van der Waals surface area contributed by atoms with Crippen molar-refractivity contribution in [1.82, 2.24) is 19.9 Å². The molecular formula is C23H19N5O2. The second-order valence-corrected chi connectivity index (χ2v) is 6.80. The molecule has 0 aliphatic heterocycles. The molecule has 0 saturated carbocycles. The first kappa shape index (κ1) is 17.9. The van der Waals surface area contributed by atoms with Gasteiger partial charge in [-0.05, 0) is 36.4 Å². The third-order valence-electron chi connectivity index (χ3n) is 4.85. The molecule has 2 N–H and O–H groups in total. The number of methoxy groups -OCH3 is 1. The molecule has 148 valence electrons. The summed E-state index contributed by atoms with van der Waals surface area (Å²) in [6.07, 6.45) is 6.97. The molecule has 0 unspecified atom stereocenters. The highest BCUT2D eigenvalue weighted by Gasteiger charge is 2.12. The van der Waals surface area contributed by atoms with Crippen LogP contribution in [0.3, 0.4) is 0 Å². The standard InChI is InChI=1S/C23H19N5O2/c1-29-21-10-18-20(11-22(21)30-13-15-3-2-7-24-12-15)26-14-27-23(18)28-17-4-5-19-16(9-17)6-8-25-19/h2-12,14,25H,13H2,1H3,(H,26,27,28). The number of aromatic amines is 1. The van der Waals surface area contributed by atoms with E-state index in [1.807, 2.05) is 48.7 Å². The molecule has 0 saturated heterocycles. The predicted octanol–water partition coefficient (Wildman–Crippen LogP) is 4.84. The van der Waals surface area contributed by atoms with E-state index in [-0.39, 0.29) is 0 Å². The van der Waals surface area contributed by atoms with Gasteiger partial charge in [0.1, 0.15) is 18.8 Å². The van der Waals surface area contributed by atoms with Gasteiger partial charge in [0.2, 0.25) is 0 Å². The average molecular weight is 397 g/mol. The summed E-state index contributed by atoms with van der Waals surface area (Å²) >= 11 is 0. The smallest absolute Gasteiger partial charge is 0.163 e. The number of benzene rings is 2. The predicted molar refractivity (Wildman–Crippen MR) is 116 cm³/mol. The van der Waals surface area contributed by atoms with Crippen molar-refractivity contribution in [1.29, 1.82) is 0 Å². The Morgan fingerprint density at radius 2 is 2.00 bits per heavy atom. The largest absolute Gasteiger partial charge is 0.493 e. The number of H-pyrrole nitrogens is 1. The molecule has 0 radical (unpaired) electrons. The Morgan fingerprint density at radius 1 is 1.03 bits per heavy atom. The van der Waals surface area contributed by atoms with Crippen LogP contribution in [0, 0.1) is 0 Å². The first-order valence-electron chi connectivity index (χ1n) is 9.49. The Balaban J connectivity index is 1.47. The minimum absolute atomic E-state index is 0.391. The summed E-state index contributed by atoms with van der Waals surface area (Å²) in [6, 6.07) is 15.8. The summed E-state index contributed by atoms with van der Waals surface area (Å²) < 4.78 is 11.5. The molecule has 0 amide bonds. The topological polar surface area (TPSA) is 85.0 Å². The van der Waals surface area contributed by atoms with E-state index in [4.69, 9.17) is 9.47 Å². The lowest BCUT2D eigenvalue weighted by Gasteiger charge is -2.14. The lowest BCUT2D eigenvalue weighted by atomic mass is 10.2. The van der Waals surface area contributed by atoms with E-state index >= 15 is 0 Å². The monoisotopic (exact) mass is 397 g/mol. The van der Waals surface area contributed by atoms with Gasteiger partial charge in [0, 0.05) is 52.2 Å². The molecule has 0 spiro atoms. The zero-order chi connectivity index (χ0) is 20.3. The summed E-state index contributed by atoms with van der Waals surface area (Å²) in [5.41, 5.74) is 3.77. The number of ether oxygens (including phenoxy) is 2. The maximum Gasteiger partial charge on any atom is 0.163 e. The Kier molecular flexibility index (Phi) is 4.61. The van der Waals surface area contributed by atoms with E-state index in [1.54, 1.807) is 19.5 Å².